The lowest BCUT2D eigenvalue weighted by atomic mass is 9.95. The van der Waals surface area contributed by atoms with Crippen LogP contribution in [0, 0.1) is 0 Å². The highest BCUT2D eigenvalue weighted by Crippen LogP contribution is 2.33. The van der Waals surface area contributed by atoms with Crippen LogP contribution >= 0.6 is 12.6 Å². The van der Waals surface area contributed by atoms with E-state index in [1.54, 1.807) is 16.8 Å². The number of hydrogen-bond donors (Lipinski definition) is 2. The Morgan fingerprint density at radius 1 is 1.29 bits per heavy atom. The third-order valence-electron chi connectivity index (χ3n) is 4.15. The summed E-state index contributed by atoms with van der Waals surface area (Å²) >= 11 is 4.44. The topological polar surface area (TPSA) is 59.8 Å². The van der Waals surface area contributed by atoms with Gasteiger partial charge in [-0.3, -0.25) is 14.5 Å². The van der Waals surface area contributed by atoms with Gasteiger partial charge in [-0.25, -0.2) is 8.78 Å². The summed E-state index contributed by atoms with van der Waals surface area (Å²) in [6.07, 6.45) is 3.74. The third kappa shape index (κ3) is 3.75. The predicted molar refractivity (Wildman–Crippen MR) is 89.7 cm³/mol. The van der Waals surface area contributed by atoms with E-state index in [0.29, 0.717) is 5.25 Å². The van der Waals surface area contributed by atoms with E-state index in [4.69, 9.17) is 0 Å². The lowest BCUT2D eigenvalue weighted by molar-refractivity contribution is 0.102. The normalized spacial score (nSPS) is 21.0. The molecule has 0 aliphatic heterocycles. The number of anilines is 1. The first-order valence-corrected chi connectivity index (χ1v) is 8.34. The van der Waals surface area contributed by atoms with E-state index in [0.717, 1.165) is 25.7 Å². The Labute approximate surface area is 143 Å². The summed E-state index contributed by atoms with van der Waals surface area (Å²) in [5.41, 5.74) is -0.207. The maximum Gasteiger partial charge on any atom is 0.284 e. The Hall–Kier alpha value is -1.96. The molecular formula is C16H18F2N4OS. The number of thiol groups is 1. The van der Waals surface area contributed by atoms with Crippen molar-refractivity contribution in [2.24, 2.45) is 0 Å². The van der Waals surface area contributed by atoms with Crippen LogP contribution in [0.5, 0.6) is 0 Å². The van der Waals surface area contributed by atoms with E-state index < -0.39 is 18.0 Å². The highest BCUT2D eigenvalue weighted by molar-refractivity contribution is 7.80. The highest BCUT2D eigenvalue weighted by Gasteiger charge is 2.26. The zero-order valence-electron chi connectivity index (χ0n) is 12.9. The zero-order valence-corrected chi connectivity index (χ0v) is 13.8. The van der Waals surface area contributed by atoms with Crippen molar-refractivity contribution in [1.29, 1.82) is 0 Å². The average molecular weight is 352 g/mol. The summed E-state index contributed by atoms with van der Waals surface area (Å²) in [5.74, 6) is -0.531. The number of rotatable bonds is 4. The SMILES string of the molecule is O=C(Nc1cn([C@H]2CC[C@H](S)CC2)nc1C(F)F)c1ccccn1. The molecule has 1 N–H and O–H groups in total. The van der Waals surface area contributed by atoms with Gasteiger partial charge in [0.2, 0.25) is 0 Å². The van der Waals surface area contributed by atoms with E-state index in [-0.39, 0.29) is 17.4 Å². The molecule has 2 aromatic heterocycles. The second-order valence-corrected chi connectivity index (χ2v) is 6.57. The summed E-state index contributed by atoms with van der Waals surface area (Å²) in [7, 11) is 0. The van der Waals surface area contributed by atoms with Crippen molar-refractivity contribution in [3.63, 3.8) is 0 Å². The van der Waals surface area contributed by atoms with Crippen LogP contribution in [0.1, 0.15) is 54.3 Å². The first kappa shape index (κ1) is 16.9. The van der Waals surface area contributed by atoms with E-state index in [1.165, 1.54) is 18.5 Å². The van der Waals surface area contributed by atoms with E-state index >= 15 is 0 Å². The fourth-order valence-electron chi connectivity index (χ4n) is 2.86. The molecule has 1 amide bonds. The van der Waals surface area contributed by atoms with Crippen molar-refractivity contribution in [2.45, 2.75) is 43.4 Å². The maximum absolute atomic E-state index is 13.3. The minimum Gasteiger partial charge on any atom is -0.318 e. The van der Waals surface area contributed by atoms with Gasteiger partial charge in [0.1, 0.15) is 5.69 Å². The molecule has 8 heteroatoms. The number of amides is 1. The van der Waals surface area contributed by atoms with Gasteiger partial charge in [0.15, 0.2) is 5.69 Å². The molecule has 2 aromatic rings. The largest absolute Gasteiger partial charge is 0.318 e. The molecule has 1 aliphatic rings. The van der Waals surface area contributed by atoms with Gasteiger partial charge >= 0.3 is 0 Å². The van der Waals surface area contributed by atoms with Crippen LogP contribution in [0.25, 0.3) is 0 Å². The molecule has 0 saturated heterocycles. The quantitative estimate of drug-likeness (QED) is 0.821. The van der Waals surface area contributed by atoms with Gasteiger partial charge in [0.05, 0.1) is 11.7 Å². The van der Waals surface area contributed by atoms with Crippen molar-refractivity contribution in [3.8, 4) is 0 Å². The lowest BCUT2D eigenvalue weighted by Crippen LogP contribution is -2.18. The van der Waals surface area contributed by atoms with Gasteiger partial charge in [-0.15, -0.1) is 0 Å². The Morgan fingerprint density at radius 3 is 2.67 bits per heavy atom. The number of carbonyl (C=O) groups is 1. The fraction of sp³-hybridized carbons (Fsp3) is 0.438. The summed E-state index contributed by atoms with van der Waals surface area (Å²) in [6.45, 7) is 0. The van der Waals surface area contributed by atoms with Crippen molar-refractivity contribution in [3.05, 3.63) is 42.0 Å². The van der Waals surface area contributed by atoms with Gasteiger partial charge in [-0.05, 0) is 37.8 Å². The molecule has 0 bridgehead atoms. The van der Waals surface area contributed by atoms with E-state index in [1.807, 2.05) is 0 Å². The molecule has 0 unspecified atom stereocenters. The summed E-state index contributed by atoms with van der Waals surface area (Å²) < 4.78 is 28.1. The number of pyridine rings is 1. The van der Waals surface area contributed by atoms with Crippen molar-refractivity contribution in [1.82, 2.24) is 14.8 Å². The molecule has 0 aromatic carbocycles. The standard InChI is InChI=1S/C16H18F2N4OS/c17-15(18)14-13(20-16(23)12-3-1-2-8-19-12)9-22(21-14)10-4-6-11(24)7-5-10/h1-3,8-11,15,24H,4-7H2,(H,20,23)/t10-,11-. The van der Waals surface area contributed by atoms with E-state index in [2.05, 4.69) is 28.0 Å². The number of halogens is 2. The van der Waals surface area contributed by atoms with Crippen LogP contribution in [0.4, 0.5) is 14.5 Å². The van der Waals surface area contributed by atoms with E-state index in [9.17, 15) is 13.6 Å². The molecule has 1 aliphatic carbocycles. The monoisotopic (exact) mass is 352 g/mol. The molecule has 128 valence electrons. The Balaban J connectivity index is 1.80. The van der Waals surface area contributed by atoms with Gasteiger partial charge < -0.3 is 5.32 Å². The van der Waals surface area contributed by atoms with Crippen LogP contribution in [0.15, 0.2) is 30.6 Å². The van der Waals surface area contributed by atoms with Crippen molar-refractivity contribution >= 4 is 24.2 Å². The molecular weight excluding hydrogens is 334 g/mol. The molecule has 0 radical (unpaired) electrons. The third-order valence-corrected chi connectivity index (χ3v) is 4.67. The molecule has 24 heavy (non-hydrogen) atoms. The Kier molecular flexibility index (Phi) is 5.13. The number of nitrogens with one attached hydrogen (secondary N) is 1. The number of hydrogen-bond acceptors (Lipinski definition) is 4. The predicted octanol–water partition coefficient (Wildman–Crippen LogP) is 3.88. The molecule has 0 atom stereocenters. The maximum atomic E-state index is 13.3. The molecule has 2 heterocycles. The van der Waals surface area contributed by atoms with Crippen molar-refractivity contribution < 1.29 is 13.6 Å². The first-order chi connectivity index (χ1) is 11.5. The minimum atomic E-state index is -2.76. The second kappa shape index (κ2) is 7.29. The highest BCUT2D eigenvalue weighted by atomic mass is 32.1. The van der Waals surface area contributed by atoms with Crippen LogP contribution in [0.3, 0.4) is 0 Å². The summed E-state index contributed by atoms with van der Waals surface area (Å²) in [6, 6.07) is 4.92. The first-order valence-electron chi connectivity index (χ1n) is 7.82. The lowest BCUT2D eigenvalue weighted by Gasteiger charge is -2.25. The van der Waals surface area contributed by atoms with Gasteiger partial charge in [-0.2, -0.15) is 17.7 Å². The molecule has 3 rings (SSSR count). The molecule has 5 nitrogen and oxygen atoms in total. The van der Waals surface area contributed by atoms with Gasteiger partial charge in [0, 0.05) is 17.6 Å². The number of carbonyl (C=O) groups excluding carboxylic acids is 1. The number of nitrogens with zero attached hydrogens (tertiary/aromatic N) is 3. The summed E-state index contributed by atoms with van der Waals surface area (Å²) in [5, 5.41) is 6.86. The average Bonchev–Trinajstić information content (AvgIpc) is 3.00. The number of aromatic nitrogens is 3. The van der Waals surface area contributed by atoms with Crippen LogP contribution < -0.4 is 5.32 Å². The van der Waals surface area contributed by atoms with Crippen LogP contribution in [-0.2, 0) is 0 Å². The smallest absolute Gasteiger partial charge is 0.284 e. The molecule has 0 spiro atoms. The Morgan fingerprint density at radius 2 is 2.04 bits per heavy atom. The van der Waals surface area contributed by atoms with Crippen LogP contribution in [0.2, 0.25) is 0 Å². The zero-order chi connectivity index (χ0) is 17.1. The number of alkyl halides is 2. The fourth-order valence-corrected chi connectivity index (χ4v) is 3.15. The van der Waals surface area contributed by atoms with Gasteiger partial charge in [0.25, 0.3) is 12.3 Å². The molecule has 1 saturated carbocycles. The Bertz CT molecular complexity index is 699. The molecule has 1 fully saturated rings. The van der Waals surface area contributed by atoms with Crippen LogP contribution in [-0.4, -0.2) is 25.9 Å². The van der Waals surface area contributed by atoms with Crippen molar-refractivity contribution in [2.75, 3.05) is 5.32 Å². The minimum absolute atomic E-state index is 0.0358. The van der Waals surface area contributed by atoms with Gasteiger partial charge in [-0.1, -0.05) is 6.07 Å². The second-order valence-electron chi connectivity index (χ2n) is 5.84. The summed E-state index contributed by atoms with van der Waals surface area (Å²) in [4.78, 5) is 16.1.